The van der Waals surface area contributed by atoms with Crippen LogP contribution in [-0.2, 0) is 18.9 Å². The number of thioether (sulfide) groups is 8. The normalized spacial score (nSPS) is 17.3. The standard InChI is InChI=1S/C64H44O12S8/c65-57-37-1-2-38(4-3-37)58(66)74-22-18-70-42-10-14-46-50(34-42)55(63-81-29-30-82-63)48-16-12-44(36-52(48)56(46)64-83-31-32-84-64)72-20-24-76-60(68)40-7-5-39(6-8-40)59(67)75-23-19-71-43-11-15-47-51(35-43)54(62-79-27-28-80-62)45-13-9-41(69-17-21-73-57)33-49(45)53(47)61-77-25-26-78-61/h1-16,25-36H,17-24H2. The second kappa shape index (κ2) is 25.8. The predicted molar refractivity (Wildman–Crippen MR) is 348 cm³/mol. The number of esters is 4. The van der Waals surface area contributed by atoms with Crippen LogP contribution in [0.4, 0.5) is 0 Å². The van der Waals surface area contributed by atoms with Crippen molar-refractivity contribution in [2.45, 2.75) is 0 Å². The molecule has 8 aromatic carbocycles. The third-order valence-corrected chi connectivity index (χ3v) is 22.1. The van der Waals surface area contributed by atoms with Crippen LogP contribution in [0.15, 0.2) is 165 Å². The molecular weight excluding hydrogens is 1220 g/mol. The summed E-state index contributed by atoms with van der Waals surface area (Å²) in [6.45, 7) is 0.373. The van der Waals surface area contributed by atoms with Gasteiger partial charge in [0.05, 0.1) is 39.2 Å². The molecule has 84 heavy (non-hydrogen) atoms. The Morgan fingerprint density at radius 3 is 0.619 bits per heavy atom. The van der Waals surface area contributed by atoms with Crippen LogP contribution >= 0.6 is 94.1 Å². The first kappa shape index (κ1) is 56.3. The fourth-order valence-corrected chi connectivity index (χ4v) is 17.6. The number of rotatable bonds is 0. The highest BCUT2D eigenvalue weighted by Crippen LogP contribution is 2.44. The molecule has 0 aliphatic carbocycles. The van der Waals surface area contributed by atoms with E-state index >= 15 is 0 Å². The van der Waals surface area contributed by atoms with Crippen LogP contribution in [0.5, 0.6) is 23.0 Å². The van der Waals surface area contributed by atoms with Gasteiger partial charge in [-0.25, -0.2) is 19.2 Å². The molecular formula is C64H44O12S8. The molecule has 15 heterocycles. The highest BCUT2D eigenvalue weighted by Gasteiger charge is 2.21. The molecule has 16 bridgehead atoms. The van der Waals surface area contributed by atoms with Gasteiger partial charge in [0.1, 0.15) is 75.9 Å². The first-order valence-electron chi connectivity index (χ1n) is 26.2. The van der Waals surface area contributed by atoms with Crippen molar-refractivity contribution in [2.24, 2.45) is 0 Å². The zero-order chi connectivity index (χ0) is 56.9. The Hall–Kier alpha value is -6.88. The zero-order valence-electron chi connectivity index (χ0n) is 44.0. The van der Waals surface area contributed by atoms with Crippen LogP contribution in [0.3, 0.4) is 0 Å². The van der Waals surface area contributed by atoms with Crippen LogP contribution in [0.1, 0.15) is 41.4 Å². The van der Waals surface area contributed by atoms with Crippen LogP contribution in [-0.4, -0.2) is 76.7 Å². The summed E-state index contributed by atoms with van der Waals surface area (Å²) in [6, 6.07) is 36.5. The van der Waals surface area contributed by atoms with E-state index in [1.165, 1.54) is 48.5 Å². The molecule has 23 rings (SSSR count). The highest BCUT2D eigenvalue weighted by atomic mass is 32.2. The Kier molecular flexibility index (Phi) is 17.3. The summed E-state index contributed by atoms with van der Waals surface area (Å²) in [5.41, 5.74) is 1.12. The molecule has 420 valence electrons. The maximum Gasteiger partial charge on any atom is 0.338 e. The van der Waals surface area contributed by atoms with Crippen LogP contribution < -0.4 is 39.8 Å². The van der Waals surface area contributed by atoms with Gasteiger partial charge in [0.2, 0.25) is 0 Å². The number of carbonyl (C=O) groups excluding carboxylic acids is 4. The van der Waals surface area contributed by atoms with Gasteiger partial charge in [-0.05, 0) is 208 Å². The Bertz CT molecular complexity index is 3820. The number of carbonyl (C=O) groups is 4. The summed E-state index contributed by atoms with van der Waals surface area (Å²) in [6.07, 6.45) is 0. The molecule has 0 saturated heterocycles. The van der Waals surface area contributed by atoms with E-state index in [9.17, 15) is 19.2 Å². The Morgan fingerprint density at radius 2 is 0.417 bits per heavy atom. The molecule has 0 spiro atoms. The number of benzene rings is 8. The van der Waals surface area contributed by atoms with Crippen molar-refractivity contribution in [1.29, 1.82) is 0 Å². The summed E-state index contributed by atoms with van der Waals surface area (Å²) < 4.78 is 52.0. The molecule has 20 heteroatoms. The second-order valence-corrected chi connectivity index (χ2v) is 27.0. The van der Waals surface area contributed by atoms with Gasteiger partial charge in [0.25, 0.3) is 0 Å². The van der Waals surface area contributed by atoms with Gasteiger partial charge in [-0.1, -0.05) is 94.1 Å². The molecule has 0 radical (unpaired) electrons. The van der Waals surface area contributed by atoms with Gasteiger partial charge in [0, 0.05) is 20.9 Å². The quantitative estimate of drug-likeness (QED) is 0.0806. The number of hydrogen-bond acceptors (Lipinski definition) is 20. The average Bonchev–Trinajstić information content (AvgIpc) is 1.47. The summed E-state index contributed by atoms with van der Waals surface area (Å²) in [5, 5.41) is 29.0. The maximum atomic E-state index is 13.2. The minimum absolute atomic E-state index is 0.0103. The number of hydrogen-bond donors (Lipinski definition) is 0. The predicted octanol–water partition coefficient (Wildman–Crippen LogP) is 13.6. The summed E-state index contributed by atoms with van der Waals surface area (Å²) in [5.74, 6) is 0.259. The summed E-state index contributed by atoms with van der Waals surface area (Å²) in [7, 11) is 0. The lowest BCUT2D eigenvalue weighted by Crippen LogP contribution is -2.18. The van der Waals surface area contributed by atoms with Crippen molar-refractivity contribution in [3.8, 4) is 23.0 Å². The molecule has 0 N–H and O–H groups in total. The van der Waals surface area contributed by atoms with Crippen molar-refractivity contribution in [3.05, 3.63) is 208 Å². The van der Waals surface area contributed by atoms with Crippen LogP contribution in [0.25, 0.3) is 60.0 Å². The van der Waals surface area contributed by atoms with E-state index in [1.807, 2.05) is 48.5 Å². The van der Waals surface area contributed by atoms with E-state index in [1.54, 1.807) is 94.1 Å². The Labute approximate surface area is 514 Å². The third kappa shape index (κ3) is 12.0. The van der Waals surface area contributed by atoms with Gasteiger partial charge in [-0.15, -0.1) is 0 Å². The fourth-order valence-electron chi connectivity index (χ4n) is 9.90. The second-order valence-electron chi connectivity index (χ2n) is 18.6. The molecule has 0 aromatic heterocycles. The lowest BCUT2D eigenvalue weighted by molar-refractivity contribution is 0.0437. The van der Waals surface area contributed by atoms with Crippen molar-refractivity contribution in [1.82, 2.24) is 0 Å². The van der Waals surface area contributed by atoms with Gasteiger partial charge in [0.15, 0.2) is 0 Å². The first-order chi connectivity index (χ1) is 41.3. The molecule has 0 unspecified atom stereocenters. The lowest BCUT2D eigenvalue weighted by atomic mass is 9.98. The van der Waals surface area contributed by atoms with Crippen molar-refractivity contribution in [3.63, 3.8) is 0 Å². The van der Waals surface area contributed by atoms with E-state index in [0.29, 0.717) is 23.0 Å². The van der Waals surface area contributed by atoms with Crippen molar-refractivity contribution in [2.75, 3.05) is 52.9 Å². The van der Waals surface area contributed by atoms with Gasteiger partial charge >= 0.3 is 23.9 Å². The van der Waals surface area contributed by atoms with Gasteiger partial charge in [-0.2, -0.15) is 0 Å². The lowest BCUT2D eigenvalue weighted by Gasteiger charge is -2.15. The Balaban J connectivity index is 0.773. The van der Waals surface area contributed by atoms with Crippen LogP contribution in [0, 0.1) is 0 Å². The smallest absolute Gasteiger partial charge is 0.338 e. The van der Waals surface area contributed by atoms with Crippen LogP contribution in [0.2, 0.25) is 0 Å². The SMILES string of the molecule is O=C1OCCOc2ccc3c(=C4SC=CS4)c4cc(ccc4c(=C4SC=CS4)c3c2)OCCOC(=O)c2ccc(cc2)C(=O)OCCOc2ccc3c(=C4SC=CS4)c4cc(ccc4c(=C4SC=CS4)c3c2)OCCOC(=O)c2ccc1cc2. The highest BCUT2D eigenvalue weighted by molar-refractivity contribution is 8.36. The first-order valence-corrected chi connectivity index (χ1v) is 33.2. The number of ether oxygens (including phenoxy) is 8. The molecule has 15 aliphatic rings. The molecule has 0 amide bonds. The molecule has 15 aliphatic heterocycles. The van der Waals surface area contributed by atoms with Crippen molar-refractivity contribution < 1.29 is 57.1 Å². The topological polar surface area (TPSA) is 142 Å². The third-order valence-electron chi connectivity index (χ3n) is 13.6. The average molecular weight is 1260 g/mol. The van der Waals surface area contributed by atoms with Gasteiger partial charge < -0.3 is 37.9 Å². The molecule has 0 saturated carbocycles. The monoisotopic (exact) mass is 1260 g/mol. The van der Waals surface area contributed by atoms with E-state index < -0.39 is 23.9 Å². The largest absolute Gasteiger partial charge is 0.490 e. The molecule has 0 atom stereocenters. The Morgan fingerprint density at radius 1 is 0.226 bits per heavy atom. The summed E-state index contributed by atoms with van der Waals surface area (Å²) in [4.78, 5) is 52.9. The summed E-state index contributed by atoms with van der Waals surface area (Å²) >= 11 is 13.3. The van der Waals surface area contributed by atoms with E-state index in [2.05, 4.69) is 67.5 Å². The minimum atomic E-state index is -0.552. The van der Waals surface area contributed by atoms with Gasteiger partial charge in [-0.3, -0.25) is 0 Å². The minimum Gasteiger partial charge on any atom is -0.490 e. The zero-order valence-corrected chi connectivity index (χ0v) is 50.5. The maximum absolute atomic E-state index is 13.2. The molecule has 8 aromatic rings. The van der Waals surface area contributed by atoms with E-state index in [4.69, 9.17) is 37.9 Å². The van der Waals surface area contributed by atoms with E-state index in [0.717, 1.165) is 80.9 Å². The molecule has 0 fully saturated rings. The van der Waals surface area contributed by atoms with Crippen molar-refractivity contribution >= 4 is 178 Å². The molecule has 12 nitrogen and oxygen atoms in total. The van der Waals surface area contributed by atoms with E-state index in [-0.39, 0.29) is 75.1 Å². The fraction of sp³-hybridized carbons (Fsp3) is 0.125.